The molecule has 0 N–H and O–H groups in total. The van der Waals surface area contributed by atoms with Gasteiger partial charge in [-0.15, -0.1) is 11.3 Å². The van der Waals surface area contributed by atoms with Gasteiger partial charge >= 0.3 is 0 Å². The molecule has 0 amide bonds. The Morgan fingerprint density at radius 2 is 2.14 bits per heavy atom. The number of aryl methyl sites for hydroxylation is 2. The molecule has 0 saturated heterocycles. The van der Waals surface area contributed by atoms with Gasteiger partial charge in [-0.1, -0.05) is 0 Å². The number of nitriles is 1. The summed E-state index contributed by atoms with van der Waals surface area (Å²) in [4.78, 5) is 1.14. The lowest BCUT2D eigenvalue weighted by Gasteiger charge is -2.07. The summed E-state index contributed by atoms with van der Waals surface area (Å²) < 4.78 is 7.52. The summed E-state index contributed by atoms with van der Waals surface area (Å²) in [5.74, 6) is 0.813. The van der Waals surface area contributed by atoms with Crippen LogP contribution in [-0.4, -0.2) is 11.7 Å². The van der Waals surface area contributed by atoms with E-state index < -0.39 is 0 Å². The smallest absolute Gasteiger partial charge is 0.120 e. The summed E-state index contributed by atoms with van der Waals surface area (Å²) >= 11 is 1.68. The molecule has 106 valence electrons. The van der Waals surface area contributed by atoms with Gasteiger partial charge in [-0.3, -0.25) is 0 Å². The lowest BCUT2D eigenvalue weighted by molar-refractivity contribution is 0.415. The molecule has 1 aromatic carbocycles. The highest BCUT2D eigenvalue weighted by Crippen LogP contribution is 2.37. The van der Waals surface area contributed by atoms with Gasteiger partial charge in [-0.05, 0) is 43.0 Å². The van der Waals surface area contributed by atoms with Crippen LogP contribution < -0.4 is 4.74 Å². The highest BCUT2D eigenvalue weighted by atomic mass is 32.1. The van der Waals surface area contributed by atoms with Gasteiger partial charge in [0.1, 0.15) is 11.8 Å². The molecule has 0 saturated carbocycles. The Balaban J connectivity index is 2.40. The molecule has 2 aromatic heterocycles. The van der Waals surface area contributed by atoms with E-state index in [1.54, 1.807) is 18.4 Å². The monoisotopic (exact) mass is 296 g/mol. The zero-order valence-electron chi connectivity index (χ0n) is 12.3. The van der Waals surface area contributed by atoms with Crippen molar-refractivity contribution < 1.29 is 4.74 Å². The molecule has 2 heterocycles. The number of methoxy groups -OCH3 is 1. The van der Waals surface area contributed by atoms with Crippen LogP contribution >= 0.6 is 11.3 Å². The van der Waals surface area contributed by atoms with E-state index in [1.807, 2.05) is 18.2 Å². The number of nitrogens with zero attached hydrogens (tertiary/aromatic N) is 2. The molecular formula is C17H16N2OS. The topological polar surface area (TPSA) is 38.0 Å². The third kappa shape index (κ3) is 2.10. The molecule has 0 atom stereocenters. The zero-order chi connectivity index (χ0) is 15.0. The molecule has 0 fully saturated rings. The van der Waals surface area contributed by atoms with Crippen LogP contribution in [0.25, 0.3) is 21.5 Å². The lowest BCUT2D eigenvalue weighted by Crippen LogP contribution is -1.96. The van der Waals surface area contributed by atoms with Gasteiger partial charge in [-0.25, -0.2) is 0 Å². The third-order valence-electron chi connectivity index (χ3n) is 3.66. The summed E-state index contributed by atoms with van der Waals surface area (Å²) in [6, 6.07) is 10.4. The first-order valence-corrected chi connectivity index (χ1v) is 7.73. The SMILES string of the molecule is CCn1c(-c2cc(C)cs2)c(C#N)c2ccc(OC)cc21. The average Bonchev–Trinajstić information content (AvgIpc) is 3.06. The fourth-order valence-corrected chi connectivity index (χ4v) is 3.67. The van der Waals surface area contributed by atoms with E-state index in [2.05, 4.69) is 35.9 Å². The van der Waals surface area contributed by atoms with Crippen LogP contribution in [0.4, 0.5) is 0 Å². The second kappa shape index (κ2) is 5.27. The van der Waals surface area contributed by atoms with Crippen LogP contribution in [0.2, 0.25) is 0 Å². The van der Waals surface area contributed by atoms with Gasteiger partial charge in [0.2, 0.25) is 0 Å². The molecule has 0 bridgehead atoms. The maximum atomic E-state index is 9.63. The van der Waals surface area contributed by atoms with Crippen LogP contribution in [0.1, 0.15) is 18.1 Å². The number of aromatic nitrogens is 1. The fraction of sp³-hybridized carbons (Fsp3) is 0.235. The van der Waals surface area contributed by atoms with Crippen molar-refractivity contribution >= 4 is 22.2 Å². The molecule has 4 heteroatoms. The number of fused-ring (bicyclic) bond motifs is 1. The summed E-state index contributed by atoms with van der Waals surface area (Å²) in [7, 11) is 1.66. The summed E-state index contributed by atoms with van der Waals surface area (Å²) in [6.45, 7) is 5.00. The Hall–Kier alpha value is -2.25. The molecule has 3 nitrogen and oxygen atoms in total. The molecule has 0 aliphatic rings. The van der Waals surface area contributed by atoms with Crippen molar-refractivity contribution in [2.45, 2.75) is 20.4 Å². The van der Waals surface area contributed by atoms with E-state index in [0.29, 0.717) is 0 Å². The Bertz CT molecular complexity index is 852. The van der Waals surface area contributed by atoms with E-state index in [1.165, 1.54) is 5.56 Å². The molecule has 3 aromatic rings. The Labute approximate surface area is 128 Å². The highest BCUT2D eigenvalue weighted by molar-refractivity contribution is 7.13. The minimum atomic E-state index is 0.747. The number of thiophene rings is 1. The van der Waals surface area contributed by atoms with Crippen molar-refractivity contribution in [2.75, 3.05) is 7.11 Å². The Morgan fingerprint density at radius 3 is 2.71 bits per heavy atom. The van der Waals surface area contributed by atoms with Crippen LogP contribution in [0.3, 0.4) is 0 Å². The first-order valence-electron chi connectivity index (χ1n) is 6.85. The normalized spacial score (nSPS) is 10.8. The maximum absolute atomic E-state index is 9.63. The largest absolute Gasteiger partial charge is 0.497 e. The van der Waals surface area contributed by atoms with Crippen LogP contribution in [-0.2, 0) is 6.54 Å². The van der Waals surface area contributed by atoms with E-state index in [-0.39, 0.29) is 0 Å². The number of hydrogen-bond donors (Lipinski definition) is 0. The van der Waals surface area contributed by atoms with Crippen LogP contribution in [0.15, 0.2) is 29.6 Å². The van der Waals surface area contributed by atoms with Gasteiger partial charge in [0.05, 0.1) is 28.8 Å². The van der Waals surface area contributed by atoms with E-state index >= 15 is 0 Å². The molecule has 0 spiro atoms. The summed E-state index contributed by atoms with van der Waals surface area (Å²) in [5, 5.41) is 12.7. The van der Waals surface area contributed by atoms with E-state index in [4.69, 9.17) is 4.74 Å². The number of benzene rings is 1. The molecule has 0 radical (unpaired) electrons. The fourth-order valence-electron chi connectivity index (χ4n) is 2.71. The first kappa shape index (κ1) is 13.7. The second-order valence-corrected chi connectivity index (χ2v) is 5.86. The standard InChI is InChI=1S/C17H16N2OS/c1-4-19-15-8-12(20-3)5-6-13(15)14(9-18)17(19)16-7-11(2)10-21-16/h5-8,10H,4H2,1-3H3. The molecule has 21 heavy (non-hydrogen) atoms. The van der Waals surface area contributed by atoms with Crippen molar-refractivity contribution in [3.63, 3.8) is 0 Å². The van der Waals surface area contributed by atoms with Gasteiger partial charge in [0.25, 0.3) is 0 Å². The van der Waals surface area contributed by atoms with Crippen LogP contribution in [0, 0.1) is 18.3 Å². The molecule has 3 rings (SSSR count). The first-order chi connectivity index (χ1) is 10.2. The van der Waals surface area contributed by atoms with Gasteiger partial charge < -0.3 is 9.30 Å². The van der Waals surface area contributed by atoms with Crippen molar-refractivity contribution in [2.24, 2.45) is 0 Å². The van der Waals surface area contributed by atoms with Crippen molar-refractivity contribution in [3.8, 4) is 22.4 Å². The predicted molar refractivity (Wildman–Crippen MR) is 86.9 cm³/mol. The van der Waals surface area contributed by atoms with Crippen molar-refractivity contribution in [1.29, 1.82) is 5.26 Å². The number of hydrogen-bond acceptors (Lipinski definition) is 3. The number of rotatable bonds is 3. The Kier molecular flexibility index (Phi) is 3.44. The van der Waals surface area contributed by atoms with Crippen molar-refractivity contribution in [1.82, 2.24) is 4.57 Å². The van der Waals surface area contributed by atoms with Crippen LogP contribution in [0.5, 0.6) is 5.75 Å². The second-order valence-electron chi connectivity index (χ2n) is 4.95. The summed E-state index contributed by atoms with van der Waals surface area (Å²) in [6.07, 6.45) is 0. The van der Waals surface area contributed by atoms with Gasteiger partial charge in [0, 0.05) is 18.0 Å². The van der Waals surface area contributed by atoms with Crippen molar-refractivity contribution in [3.05, 3.63) is 40.8 Å². The quantitative estimate of drug-likeness (QED) is 0.709. The molecule has 0 unspecified atom stereocenters. The molecule has 0 aliphatic heterocycles. The number of ether oxygens (including phenoxy) is 1. The van der Waals surface area contributed by atoms with Gasteiger partial charge in [-0.2, -0.15) is 5.26 Å². The molecular weight excluding hydrogens is 280 g/mol. The minimum absolute atomic E-state index is 0.747. The van der Waals surface area contributed by atoms with E-state index in [0.717, 1.165) is 39.3 Å². The molecule has 0 aliphatic carbocycles. The average molecular weight is 296 g/mol. The zero-order valence-corrected chi connectivity index (χ0v) is 13.1. The van der Waals surface area contributed by atoms with Gasteiger partial charge in [0.15, 0.2) is 0 Å². The van der Waals surface area contributed by atoms with E-state index in [9.17, 15) is 5.26 Å². The predicted octanol–water partition coefficient (Wildman–Crippen LogP) is 4.58. The Morgan fingerprint density at radius 1 is 1.33 bits per heavy atom. The third-order valence-corrected chi connectivity index (χ3v) is 4.72. The highest BCUT2D eigenvalue weighted by Gasteiger charge is 2.19. The minimum Gasteiger partial charge on any atom is -0.497 e. The maximum Gasteiger partial charge on any atom is 0.120 e. The summed E-state index contributed by atoms with van der Waals surface area (Å²) in [5.41, 5.74) is 4.04. The lowest BCUT2D eigenvalue weighted by atomic mass is 10.1.